The number of amides is 5. The molecule has 1 atom stereocenters. The number of para-hydroxylation sites is 1. The molecule has 1 aromatic heterocycles. The Morgan fingerprint density at radius 3 is 2.31 bits per heavy atom. The Kier molecular flexibility index (Phi) is 11.2. The van der Waals surface area contributed by atoms with Crippen molar-refractivity contribution in [3.8, 4) is 22.8 Å². The summed E-state index contributed by atoms with van der Waals surface area (Å²) in [5.41, 5.74) is 8.43. The van der Waals surface area contributed by atoms with Crippen LogP contribution in [0.3, 0.4) is 0 Å². The number of anilines is 2. The average molecular weight is 829 g/mol. The number of benzene rings is 3. The molecular weight excluding hydrogens is 781 g/mol. The second kappa shape index (κ2) is 16.7. The van der Waals surface area contributed by atoms with E-state index >= 15 is 0 Å². The van der Waals surface area contributed by atoms with Crippen LogP contribution in [0.25, 0.3) is 11.3 Å². The summed E-state index contributed by atoms with van der Waals surface area (Å²) >= 11 is 0. The minimum atomic E-state index is -0.842. The number of likely N-dealkylation sites (tertiary alicyclic amines) is 2. The first-order valence-electron chi connectivity index (χ1n) is 20.5. The molecule has 1 spiro atoms. The minimum absolute atomic E-state index is 0.0488. The number of phenols is 1. The summed E-state index contributed by atoms with van der Waals surface area (Å²) in [5.74, 6) is -0.987. The van der Waals surface area contributed by atoms with Gasteiger partial charge in [-0.3, -0.25) is 34.1 Å². The number of aromatic hydroxyl groups is 1. The molecule has 4 fully saturated rings. The van der Waals surface area contributed by atoms with Gasteiger partial charge in [0, 0.05) is 69.3 Å². The molecule has 0 bridgehead atoms. The number of carbonyl (C=O) groups is 6. The number of nitrogen functional groups attached to an aromatic ring is 1. The summed E-state index contributed by atoms with van der Waals surface area (Å²) in [5, 5.41) is 21.1. The van der Waals surface area contributed by atoms with E-state index in [1.165, 1.54) is 30.1 Å². The Hall–Kier alpha value is -6.84. The van der Waals surface area contributed by atoms with Crippen molar-refractivity contribution in [2.45, 2.75) is 50.0 Å². The monoisotopic (exact) mass is 828 g/mol. The SMILES string of the molecule is CN(C(=O)c1ccc(OCC(=O)N2CCC3(CC2)CN(C(=O)C2(c4ccccc4)CCN(c4cc(-c5ccccc5O)nnc4N)CC2)C3)cc1C=O)C1CCC(=O)NC1=O. The van der Waals surface area contributed by atoms with E-state index in [4.69, 9.17) is 10.5 Å². The molecule has 61 heavy (non-hydrogen) atoms. The lowest BCUT2D eigenvalue weighted by Crippen LogP contribution is -2.66. The number of phenolic OH excluding ortho intramolecular Hbond substituents is 1. The summed E-state index contributed by atoms with van der Waals surface area (Å²) in [6.45, 7) is 3.15. The smallest absolute Gasteiger partial charge is 0.260 e. The first-order chi connectivity index (χ1) is 29.4. The summed E-state index contributed by atoms with van der Waals surface area (Å²) in [6.07, 6.45) is 3.45. The van der Waals surface area contributed by atoms with Crippen LogP contribution in [0.2, 0.25) is 0 Å². The van der Waals surface area contributed by atoms with Crippen molar-refractivity contribution in [1.29, 1.82) is 0 Å². The largest absolute Gasteiger partial charge is 0.507 e. The van der Waals surface area contributed by atoms with Crippen LogP contribution < -0.4 is 20.7 Å². The predicted molar refractivity (Wildman–Crippen MR) is 224 cm³/mol. The normalized spacial score (nSPS) is 19.4. The summed E-state index contributed by atoms with van der Waals surface area (Å²) in [4.78, 5) is 84.1. The molecule has 5 heterocycles. The molecule has 4 N–H and O–H groups in total. The molecule has 8 rings (SSSR count). The lowest BCUT2D eigenvalue weighted by molar-refractivity contribution is -0.156. The zero-order valence-corrected chi connectivity index (χ0v) is 33.9. The summed E-state index contributed by atoms with van der Waals surface area (Å²) < 4.78 is 5.78. The van der Waals surface area contributed by atoms with Gasteiger partial charge in [-0.1, -0.05) is 42.5 Å². The molecule has 4 aliphatic heterocycles. The lowest BCUT2D eigenvalue weighted by atomic mass is 9.67. The Morgan fingerprint density at radius 2 is 1.62 bits per heavy atom. The fourth-order valence-electron chi connectivity index (χ4n) is 9.28. The molecule has 1 unspecified atom stereocenters. The van der Waals surface area contributed by atoms with Crippen LogP contribution in [0, 0.1) is 5.41 Å². The van der Waals surface area contributed by atoms with Crippen molar-refractivity contribution in [3.63, 3.8) is 0 Å². The number of carbonyl (C=O) groups excluding carboxylic acids is 6. The number of nitrogens with one attached hydrogen (secondary N) is 1. The number of aromatic nitrogens is 2. The van der Waals surface area contributed by atoms with Gasteiger partial charge in [0.05, 0.1) is 22.4 Å². The van der Waals surface area contributed by atoms with Crippen LogP contribution in [0.15, 0.2) is 78.9 Å². The zero-order chi connectivity index (χ0) is 42.9. The van der Waals surface area contributed by atoms with Crippen LogP contribution in [-0.4, -0.2) is 125 Å². The van der Waals surface area contributed by atoms with Crippen molar-refractivity contribution in [2.24, 2.45) is 5.41 Å². The highest BCUT2D eigenvalue weighted by atomic mass is 16.5. The molecule has 0 aliphatic carbocycles. The summed E-state index contributed by atoms with van der Waals surface area (Å²) in [6, 6.07) is 22.2. The van der Waals surface area contributed by atoms with E-state index in [0.29, 0.717) is 75.3 Å². The lowest BCUT2D eigenvalue weighted by Gasteiger charge is -2.56. The van der Waals surface area contributed by atoms with E-state index in [2.05, 4.69) is 20.4 Å². The van der Waals surface area contributed by atoms with E-state index in [1.54, 1.807) is 23.1 Å². The van der Waals surface area contributed by atoms with Crippen molar-refractivity contribution in [2.75, 3.05) is 63.6 Å². The third-order valence-electron chi connectivity index (χ3n) is 12.9. The number of imide groups is 1. The number of nitrogens with two attached hydrogens (primary N) is 1. The number of hydrogen-bond donors (Lipinski definition) is 3. The number of rotatable bonds is 10. The van der Waals surface area contributed by atoms with E-state index < -0.39 is 29.2 Å². The maximum Gasteiger partial charge on any atom is 0.260 e. The Labute approximate surface area is 352 Å². The van der Waals surface area contributed by atoms with Crippen LogP contribution in [-0.2, 0) is 24.6 Å². The molecular formula is C45H48N8O8. The van der Waals surface area contributed by atoms with E-state index in [9.17, 15) is 33.9 Å². The molecule has 4 aliphatic rings. The first kappa shape index (κ1) is 40.9. The highest BCUT2D eigenvalue weighted by molar-refractivity contribution is 6.06. The number of likely N-dealkylation sites (N-methyl/N-ethyl adjacent to an activating group) is 1. The molecule has 5 amide bonds. The minimum Gasteiger partial charge on any atom is -0.507 e. The van der Waals surface area contributed by atoms with Crippen LogP contribution in [0.4, 0.5) is 11.5 Å². The highest BCUT2D eigenvalue weighted by Crippen LogP contribution is 2.46. The Morgan fingerprint density at radius 1 is 0.918 bits per heavy atom. The van der Waals surface area contributed by atoms with Gasteiger partial charge >= 0.3 is 0 Å². The maximum atomic E-state index is 14.6. The predicted octanol–water partition coefficient (Wildman–Crippen LogP) is 3.19. The van der Waals surface area contributed by atoms with Crippen LogP contribution >= 0.6 is 0 Å². The molecule has 316 valence electrons. The van der Waals surface area contributed by atoms with Crippen LogP contribution in [0.1, 0.15) is 64.8 Å². The quantitative estimate of drug-likeness (QED) is 0.156. The third kappa shape index (κ3) is 7.97. The summed E-state index contributed by atoms with van der Waals surface area (Å²) in [7, 11) is 1.45. The van der Waals surface area contributed by atoms with E-state index in [-0.39, 0.29) is 65.1 Å². The second-order valence-electron chi connectivity index (χ2n) is 16.5. The molecule has 16 heteroatoms. The van der Waals surface area contributed by atoms with Gasteiger partial charge in [0.25, 0.3) is 11.8 Å². The molecule has 4 aromatic rings. The molecule has 0 radical (unpaired) electrons. The highest BCUT2D eigenvalue weighted by Gasteiger charge is 2.53. The second-order valence-corrected chi connectivity index (χ2v) is 16.5. The van der Waals surface area contributed by atoms with Crippen molar-refractivity contribution >= 4 is 47.3 Å². The van der Waals surface area contributed by atoms with Crippen LogP contribution in [0.5, 0.6) is 11.5 Å². The maximum absolute atomic E-state index is 14.6. The first-order valence-corrected chi connectivity index (χ1v) is 20.5. The van der Waals surface area contributed by atoms with Gasteiger partial charge in [0.1, 0.15) is 17.5 Å². The fraction of sp³-hybridized carbons (Fsp3) is 0.378. The van der Waals surface area contributed by atoms with Gasteiger partial charge in [-0.05, 0) is 74.1 Å². The number of hydrogen-bond acceptors (Lipinski definition) is 12. The standard InChI is InChI=1S/C45H48N8O8/c1-50(35-13-14-38(56)47-41(35)58)42(59)32-12-11-31(23-29(32)25-54)61-26-39(57)52-19-15-44(16-20-52)27-53(28-44)43(60)45(30-7-3-2-4-8-30)17-21-51(22-18-45)36-24-34(48-49-40(36)46)33-9-5-6-10-37(33)55/h2-12,23-25,35,55H,13-22,26-28H2,1H3,(H2,46,49)(H,47,56,58). The van der Waals surface area contributed by atoms with Gasteiger partial charge < -0.3 is 35.2 Å². The van der Waals surface area contributed by atoms with Crippen molar-refractivity contribution in [1.82, 2.24) is 30.2 Å². The number of nitrogens with zero attached hydrogens (tertiary/aromatic N) is 6. The van der Waals surface area contributed by atoms with Gasteiger partial charge in [0.2, 0.25) is 17.7 Å². The topological polar surface area (TPSA) is 209 Å². The Balaban J connectivity index is 0.857. The third-order valence-corrected chi connectivity index (χ3v) is 12.9. The van der Waals surface area contributed by atoms with Crippen molar-refractivity contribution < 1.29 is 38.6 Å². The van der Waals surface area contributed by atoms with Gasteiger partial charge in [-0.15, -0.1) is 10.2 Å². The molecule has 4 saturated heterocycles. The number of aldehydes is 1. The number of piperidine rings is 3. The van der Waals surface area contributed by atoms with Gasteiger partial charge in [0.15, 0.2) is 18.7 Å². The molecule has 16 nitrogen and oxygen atoms in total. The average Bonchev–Trinajstić information content (AvgIpc) is 3.27. The fourth-order valence-corrected chi connectivity index (χ4v) is 9.28. The van der Waals surface area contributed by atoms with E-state index in [0.717, 1.165) is 18.4 Å². The van der Waals surface area contributed by atoms with Gasteiger partial charge in [-0.2, -0.15) is 0 Å². The van der Waals surface area contributed by atoms with E-state index in [1.807, 2.05) is 47.4 Å². The molecule has 3 aromatic carbocycles. The van der Waals surface area contributed by atoms with Crippen molar-refractivity contribution in [3.05, 3.63) is 95.6 Å². The zero-order valence-electron chi connectivity index (χ0n) is 33.9. The number of ether oxygens (including phenoxy) is 1. The Bertz CT molecular complexity index is 2370. The molecule has 0 saturated carbocycles. The van der Waals surface area contributed by atoms with Gasteiger partial charge in [-0.25, -0.2) is 0 Å².